The zero-order valence-electron chi connectivity index (χ0n) is 16.8. The highest BCUT2D eigenvalue weighted by atomic mass is 32.2. The summed E-state index contributed by atoms with van der Waals surface area (Å²) in [5.41, 5.74) is 4.03. The first-order valence-electron chi connectivity index (χ1n) is 9.36. The molecule has 30 heavy (non-hydrogen) atoms. The number of thioether (sulfide) groups is 1. The van der Waals surface area contributed by atoms with E-state index in [0.717, 1.165) is 17.0 Å². The first-order chi connectivity index (χ1) is 14.3. The molecule has 5 nitrogen and oxygen atoms in total. The smallest absolute Gasteiger partial charge is 0.271 e. The Bertz CT molecular complexity index is 1300. The minimum atomic E-state index is -0.267. The number of hydrogen-bond acceptors (Lipinski definition) is 5. The lowest BCUT2D eigenvalue weighted by molar-refractivity contribution is 0.102. The van der Waals surface area contributed by atoms with Gasteiger partial charge in [0.25, 0.3) is 5.56 Å². The SMILES string of the molecule is Cc1cc(C(=O)CSc2nc3ccsc3c(=O)n2C)c(C)n1Cc1ccc(F)cc1. The van der Waals surface area contributed by atoms with E-state index in [-0.39, 0.29) is 22.9 Å². The Kier molecular flexibility index (Phi) is 5.62. The van der Waals surface area contributed by atoms with Gasteiger partial charge in [-0.05, 0) is 49.1 Å². The van der Waals surface area contributed by atoms with Crippen molar-refractivity contribution in [3.63, 3.8) is 0 Å². The number of aryl methyl sites for hydroxylation is 1. The van der Waals surface area contributed by atoms with Gasteiger partial charge in [-0.25, -0.2) is 9.37 Å². The van der Waals surface area contributed by atoms with E-state index in [1.807, 2.05) is 31.4 Å². The minimum absolute atomic E-state index is 0.0156. The lowest BCUT2D eigenvalue weighted by Crippen LogP contribution is -2.19. The molecule has 0 aliphatic carbocycles. The van der Waals surface area contributed by atoms with Crippen molar-refractivity contribution in [3.05, 3.63) is 80.5 Å². The fraction of sp³-hybridized carbons (Fsp3) is 0.227. The van der Waals surface area contributed by atoms with Crippen molar-refractivity contribution in [2.24, 2.45) is 7.05 Å². The molecule has 0 bridgehead atoms. The second-order valence-corrected chi connectivity index (χ2v) is 8.96. The van der Waals surface area contributed by atoms with Crippen LogP contribution in [0.2, 0.25) is 0 Å². The van der Waals surface area contributed by atoms with Gasteiger partial charge in [-0.15, -0.1) is 11.3 Å². The van der Waals surface area contributed by atoms with E-state index in [0.29, 0.717) is 27.5 Å². The van der Waals surface area contributed by atoms with Crippen LogP contribution in [0.1, 0.15) is 27.3 Å². The molecule has 154 valence electrons. The summed E-state index contributed by atoms with van der Waals surface area (Å²) in [6.45, 7) is 4.44. The zero-order chi connectivity index (χ0) is 21.4. The molecule has 3 aromatic heterocycles. The van der Waals surface area contributed by atoms with Gasteiger partial charge in [0.15, 0.2) is 10.9 Å². The number of thiophene rings is 1. The van der Waals surface area contributed by atoms with E-state index in [1.54, 1.807) is 19.2 Å². The number of carbonyl (C=O) groups excluding carboxylic acids is 1. The number of fused-ring (bicyclic) bond motifs is 1. The standard InChI is InChI=1S/C22H20FN3O2S2/c1-13-10-17(14(2)26(13)11-15-4-6-16(23)7-5-15)19(27)12-30-22-24-18-8-9-29-20(18)21(28)25(22)3/h4-10H,11-12H2,1-3H3. The van der Waals surface area contributed by atoms with Gasteiger partial charge in [-0.2, -0.15) is 0 Å². The van der Waals surface area contributed by atoms with Gasteiger partial charge in [0.05, 0.1) is 11.3 Å². The van der Waals surface area contributed by atoms with Crippen LogP contribution in [0.5, 0.6) is 0 Å². The average Bonchev–Trinajstić information content (AvgIpc) is 3.31. The second kappa shape index (κ2) is 8.20. The fourth-order valence-corrected chi connectivity index (χ4v) is 5.06. The molecule has 3 heterocycles. The Labute approximate surface area is 181 Å². The van der Waals surface area contributed by atoms with Crippen LogP contribution < -0.4 is 5.56 Å². The third-order valence-corrected chi connectivity index (χ3v) is 7.03. The first kappa shape index (κ1) is 20.6. The number of ketones is 1. The predicted molar refractivity (Wildman–Crippen MR) is 119 cm³/mol. The number of halogens is 1. The van der Waals surface area contributed by atoms with Gasteiger partial charge >= 0.3 is 0 Å². The van der Waals surface area contributed by atoms with Crippen LogP contribution in [-0.2, 0) is 13.6 Å². The minimum Gasteiger partial charge on any atom is -0.344 e. The van der Waals surface area contributed by atoms with Gasteiger partial charge in [-0.1, -0.05) is 23.9 Å². The number of nitrogens with zero attached hydrogens (tertiary/aromatic N) is 3. The fourth-order valence-electron chi connectivity index (χ4n) is 3.40. The topological polar surface area (TPSA) is 56.9 Å². The normalized spacial score (nSPS) is 11.3. The third kappa shape index (κ3) is 3.85. The van der Waals surface area contributed by atoms with E-state index < -0.39 is 0 Å². The Hall–Kier alpha value is -2.71. The maximum absolute atomic E-state index is 13.2. The van der Waals surface area contributed by atoms with Gasteiger partial charge in [0.2, 0.25) is 0 Å². The summed E-state index contributed by atoms with van der Waals surface area (Å²) in [6.07, 6.45) is 0. The number of rotatable bonds is 6. The van der Waals surface area contributed by atoms with Gasteiger partial charge in [0.1, 0.15) is 10.5 Å². The molecule has 0 radical (unpaired) electrons. The molecule has 0 N–H and O–H groups in total. The van der Waals surface area contributed by atoms with Crippen LogP contribution in [0.15, 0.2) is 51.7 Å². The maximum Gasteiger partial charge on any atom is 0.271 e. The molecule has 4 rings (SSSR count). The van der Waals surface area contributed by atoms with Crippen molar-refractivity contribution in [3.8, 4) is 0 Å². The molecular formula is C22H20FN3O2S2. The molecule has 0 atom stereocenters. The van der Waals surface area contributed by atoms with E-state index >= 15 is 0 Å². The lowest BCUT2D eigenvalue weighted by Gasteiger charge is -2.10. The van der Waals surface area contributed by atoms with Crippen LogP contribution in [0.25, 0.3) is 10.2 Å². The van der Waals surface area contributed by atoms with Crippen LogP contribution in [0, 0.1) is 19.7 Å². The van der Waals surface area contributed by atoms with Crippen LogP contribution in [0.4, 0.5) is 4.39 Å². The molecule has 8 heteroatoms. The second-order valence-electron chi connectivity index (χ2n) is 7.10. The molecule has 0 aliphatic rings. The summed E-state index contributed by atoms with van der Waals surface area (Å²) < 4.78 is 17.3. The number of Topliss-reactive ketones (excluding diaryl/α,β-unsaturated/α-hetero) is 1. The van der Waals surface area contributed by atoms with Crippen LogP contribution >= 0.6 is 23.1 Å². The molecule has 0 amide bonds. The molecule has 4 aromatic rings. The Balaban J connectivity index is 1.54. The molecular weight excluding hydrogens is 421 g/mol. The predicted octanol–water partition coefficient (Wildman–Crippen LogP) is 4.58. The van der Waals surface area contributed by atoms with Crippen molar-refractivity contribution >= 4 is 39.1 Å². The molecule has 0 fully saturated rings. The average molecular weight is 442 g/mol. The van der Waals surface area contributed by atoms with Crippen molar-refractivity contribution < 1.29 is 9.18 Å². The Morgan fingerprint density at radius 2 is 1.93 bits per heavy atom. The summed E-state index contributed by atoms with van der Waals surface area (Å²) >= 11 is 2.64. The number of benzene rings is 1. The Morgan fingerprint density at radius 1 is 1.20 bits per heavy atom. The molecule has 0 aliphatic heterocycles. The quantitative estimate of drug-likeness (QED) is 0.250. The largest absolute Gasteiger partial charge is 0.344 e. The summed E-state index contributed by atoms with van der Waals surface area (Å²) in [5, 5.41) is 2.37. The number of hydrogen-bond donors (Lipinski definition) is 0. The maximum atomic E-state index is 13.2. The van der Waals surface area contributed by atoms with E-state index in [4.69, 9.17) is 0 Å². The van der Waals surface area contributed by atoms with E-state index in [1.165, 1.54) is 39.8 Å². The third-order valence-electron chi connectivity index (χ3n) is 5.11. The van der Waals surface area contributed by atoms with E-state index in [9.17, 15) is 14.0 Å². The van der Waals surface area contributed by atoms with Crippen molar-refractivity contribution in [2.45, 2.75) is 25.5 Å². The van der Waals surface area contributed by atoms with Gasteiger partial charge < -0.3 is 4.57 Å². The number of aromatic nitrogens is 3. The molecule has 0 spiro atoms. The van der Waals surface area contributed by atoms with Gasteiger partial charge in [-0.3, -0.25) is 14.2 Å². The summed E-state index contributed by atoms with van der Waals surface area (Å²) in [5.74, 6) is -0.0918. The highest BCUT2D eigenvalue weighted by Gasteiger charge is 2.18. The van der Waals surface area contributed by atoms with Gasteiger partial charge in [0, 0.05) is 30.5 Å². The highest BCUT2D eigenvalue weighted by molar-refractivity contribution is 7.99. The van der Waals surface area contributed by atoms with Crippen molar-refractivity contribution in [1.82, 2.24) is 14.1 Å². The van der Waals surface area contributed by atoms with Crippen molar-refractivity contribution in [2.75, 3.05) is 5.75 Å². The molecule has 0 unspecified atom stereocenters. The highest BCUT2D eigenvalue weighted by Crippen LogP contribution is 2.23. The molecule has 1 aromatic carbocycles. The summed E-state index contributed by atoms with van der Waals surface area (Å²) in [7, 11) is 1.68. The zero-order valence-corrected chi connectivity index (χ0v) is 18.4. The monoisotopic (exact) mass is 441 g/mol. The molecule has 0 saturated heterocycles. The van der Waals surface area contributed by atoms with Crippen LogP contribution in [0.3, 0.4) is 0 Å². The molecule has 0 saturated carbocycles. The lowest BCUT2D eigenvalue weighted by atomic mass is 10.2. The summed E-state index contributed by atoms with van der Waals surface area (Å²) in [6, 6.07) is 10.1. The summed E-state index contributed by atoms with van der Waals surface area (Å²) in [4.78, 5) is 29.9. The number of carbonyl (C=O) groups is 1. The first-order valence-corrected chi connectivity index (χ1v) is 11.2. The van der Waals surface area contributed by atoms with Crippen LogP contribution in [-0.4, -0.2) is 25.7 Å². The van der Waals surface area contributed by atoms with E-state index in [2.05, 4.69) is 9.55 Å². The van der Waals surface area contributed by atoms with Crippen molar-refractivity contribution in [1.29, 1.82) is 0 Å². The Morgan fingerprint density at radius 3 is 2.67 bits per heavy atom.